The number of benzene rings is 1. The Morgan fingerprint density at radius 1 is 1.33 bits per heavy atom. The van der Waals surface area contributed by atoms with Gasteiger partial charge in [-0.05, 0) is 18.4 Å². The summed E-state index contributed by atoms with van der Waals surface area (Å²) in [6, 6.07) is 1.56. The number of unbranched alkanes of at least 4 members (excludes halogenated alkanes) is 1. The number of nitrogens with zero attached hydrogens (tertiary/aromatic N) is 2. The molecule has 0 fully saturated rings. The molecule has 0 saturated carbocycles. The van der Waals surface area contributed by atoms with E-state index in [4.69, 9.17) is 27.9 Å². The zero-order valence-electron chi connectivity index (χ0n) is 15.9. The summed E-state index contributed by atoms with van der Waals surface area (Å²) in [6.45, 7) is 6.94. The van der Waals surface area contributed by atoms with Crippen LogP contribution in [0.1, 0.15) is 33.6 Å². The summed E-state index contributed by atoms with van der Waals surface area (Å²) in [6.07, 6.45) is 2.21. The molecule has 1 N–H and O–H groups in total. The smallest absolute Gasteiger partial charge is 0.412 e. The average Bonchev–Trinajstić information content (AvgIpc) is 2.59. The zero-order valence-corrected chi connectivity index (χ0v) is 17.4. The van der Waals surface area contributed by atoms with Crippen LogP contribution in [0.5, 0.6) is 5.75 Å². The highest BCUT2D eigenvalue weighted by Gasteiger charge is 2.27. The summed E-state index contributed by atoms with van der Waals surface area (Å²) < 4.78 is 7.70. The molecule has 0 aromatic carbocycles. The lowest BCUT2D eigenvalue weighted by atomic mass is 10.0. The van der Waals surface area contributed by atoms with E-state index in [-0.39, 0.29) is 16.0 Å². The number of fused-ring (bicyclic) bond motifs is 1. The number of carbonyl (C=O) groups is 1. The largest absolute Gasteiger partial charge is 0.489 e. The van der Waals surface area contributed by atoms with Crippen LogP contribution >= 0.6 is 23.2 Å². The van der Waals surface area contributed by atoms with Gasteiger partial charge in [0.25, 0.3) is 0 Å². The lowest BCUT2D eigenvalue weighted by Gasteiger charge is -2.27. The van der Waals surface area contributed by atoms with Crippen LogP contribution in [0.25, 0.3) is 11.1 Å². The molecular formula is C19H24Cl2N2O4. The van der Waals surface area contributed by atoms with E-state index < -0.39 is 11.5 Å². The van der Waals surface area contributed by atoms with Crippen LogP contribution in [0.15, 0.2) is 17.1 Å². The molecule has 0 bridgehead atoms. The number of pyridine rings is 1. The van der Waals surface area contributed by atoms with Crippen LogP contribution in [0.3, 0.4) is 0 Å². The fraction of sp³-hybridized carbons (Fsp3) is 0.474. The molecule has 1 aliphatic carbocycles. The number of aromatic nitrogens is 1. The second kappa shape index (κ2) is 8.85. The predicted molar refractivity (Wildman–Crippen MR) is 109 cm³/mol. The molecule has 0 saturated heterocycles. The van der Waals surface area contributed by atoms with Gasteiger partial charge in [0.2, 0.25) is 5.43 Å². The maximum Gasteiger partial charge on any atom is 0.412 e. The average molecular weight is 415 g/mol. The molecule has 27 heavy (non-hydrogen) atoms. The maximum absolute atomic E-state index is 12.7. The molecule has 148 valence electrons. The Labute approximate surface area is 168 Å². The molecule has 6 nitrogen and oxygen atoms in total. The van der Waals surface area contributed by atoms with Crippen molar-refractivity contribution in [1.82, 2.24) is 4.57 Å². The first-order chi connectivity index (χ1) is 12.7. The number of halogens is 2. The molecule has 0 atom stereocenters. The van der Waals surface area contributed by atoms with Crippen molar-refractivity contribution in [3.8, 4) is 16.9 Å². The monoisotopic (exact) mass is 414 g/mol. The number of carboxylic acid groups (broad SMARTS) is 1. The van der Waals surface area contributed by atoms with Crippen LogP contribution in [0, 0.1) is 5.92 Å². The van der Waals surface area contributed by atoms with Crippen LogP contribution < -0.4 is 15.1 Å². The normalized spacial score (nSPS) is 11.2. The van der Waals surface area contributed by atoms with Crippen molar-refractivity contribution in [2.24, 2.45) is 5.92 Å². The minimum absolute atomic E-state index is 0.0564. The highest BCUT2D eigenvalue weighted by Crippen LogP contribution is 2.42. The van der Waals surface area contributed by atoms with Crippen LogP contribution in [0.2, 0.25) is 10.0 Å². The van der Waals surface area contributed by atoms with Crippen LogP contribution in [-0.2, 0) is 6.54 Å². The first kappa shape index (κ1) is 21.4. The van der Waals surface area contributed by atoms with Crippen molar-refractivity contribution >= 4 is 35.1 Å². The lowest BCUT2D eigenvalue weighted by Crippen LogP contribution is -2.30. The number of hydrogen-bond donors (Lipinski definition) is 1. The molecule has 8 heteroatoms. The fourth-order valence-electron chi connectivity index (χ4n) is 2.83. The molecule has 2 aliphatic rings. The summed E-state index contributed by atoms with van der Waals surface area (Å²) in [4.78, 5) is 25.5. The minimum Gasteiger partial charge on any atom is -0.489 e. The summed E-state index contributed by atoms with van der Waals surface area (Å²) in [5.41, 5.74) is 0.397. The molecular weight excluding hydrogens is 391 g/mol. The molecule has 0 unspecified atom stereocenters. The van der Waals surface area contributed by atoms with E-state index >= 15 is 0 Å². The third kappa shape index (κ3) is 4.50. The Hall–Kier alpha value is -1.92. The fourth-order valence-corrected chi connectivity index (χ4v) is 3.18. The molecule has 0 aromatic rings. The van der Waals surface area contributed by atoms with Crippen LogP contribution in [-0.4, -0.2) is 29.4 Å². The highest BCUT2D eigenvalue weighted by atomic mass is 35.5. The molecule has 1 amide bonds. The van der Waals surface area contributed by atoms with E-state index in [0.29, 0.717) is 35.8 Å². The standard InChI is InChI=1S/C19H24Cl2N2O4/c1-5-6-7-27-17-12-8-14(20)15(21)16(24)13(12)10-23(9-11(2)3)18(17)22(4)19(25)26/h8,10-11H,5-7,9H2,1-4H3,(H,25,26). The van der Waals surface area contributed by atoms with E-state index in [1.165, 1.54) is 7.05 Å². The molecule has 2 rings (SSSR count). The Bertz CT molecular complexity index is 864. The van der Waals surface area contributed by atoms with Crippen molar-refractivity contribution < 1.29 is 14.6 Å². The van der Waals surface area contributed by atoms with E-state index in [0.717, 1.165) is 17.7 Å². The first-order valence-corrected chi connectivity index (χ1v) is 9.59. The van der Waals surface area contributed by atoms with Gasteiger partial charge in [-0.2, -0.15) is 0 Å². The van der Waals surface area contributed by atoms with Gasteiger partial charge < -0.3 is 14.4 Å². The number of anilines is 1. The van der Waals surface area contributed by atoms with E-state index in [1.54, 1.807) is 16.8 Å². The molecule has 0 aromatic heterocycles. The number of amides is 1. The number of rotatable bonds is 7. The van der Waals surface area contributed by atoms with Crippen molar-refractivity contribution in [1.29, 1.82) is 0 Å². The molecule has 0 radical (unpaired) electrons. The quantitative estimate of drug-likeness (QED) is 0.631. The van der Waals surface area contributed by atoms with Gasteiger partial charge >= 0.3 is 6.09 Å². The molecule has 1 aliphatic heterocycles. The predicted octanol–water partition coefficient (Wildman–Crippen LogP) is 5.21. The summed E-state index contributed by atoms with van der Waals surface area (Å²) >= 11 is 12.2. The molecule has 1 heterocycles. The Morgan fingerprint density at radius 2 is 2.00 bits per heavy atom. The minimum atomic E-state index is -1.13. The van der Waals surface area contributed by atoms with E-state index in [9.17, 15) is 14.7 Å². The van der Waals surface area contributed by atoms with Crippen molar-refractivity contribution in [3.05, 3.63) is 32.5 Å². The first-order valence-electron chi connectivity index (χ1n) is 8.83. The highest BCUT2D eigenvalue weighted by molar-refractivity contribution is 6.42. The third-order valence-corrected chi connectivity index (χ3v) is 4.90. The number of hydrogen-bond acceptors (Lipinski definition) is 3. The van der Waals surface area contributed by atoms with Gasteiger partial charge in [-0.1, -0.05) is 50.4 Å². The topological polar surface area (TPSA) is 71.8 Å². The van der Waals surface area contributed by atoms with Crippen molar-refractivity contribution in [2.75, 3.05) is 18.6 Å². The molecule has 0 spiro atoms. The van der Waals surface area contributed by atoms with Gasteiger partial charge in [0.15, 0.2) is 11.6 Å². The second-order valence-electron chi connectivity index (χ2n) is 6.83. The number of ether oxygens (including phenoxy) is 1. The van der Waals surface area contributed by atoms with Crippen molar-refractivity contribution in [2.45, 2.75) is 40.2 Å². The lowest BCUT2D eigenvalue weighted by molar-refractivity contribution is 0.202. The SMILES string of the molecule is CCCCOc1c2cc(Cl)c(Cl)c(=O)c-2cn(CC(C)C)c1N(C)C(=O)O. The van der Waals surface area contributed by atoms with E-state index in [2.05, 4.69) is 0 Å². The van der Waals surface area contributed by atoms with Gasteiger partial charge in [-0.15, -0.1) is 0 Å². The van der Waals surface area contributed by atoms with Gasteiger partial charge in [0.05, 0.1) is 17.2 Å². The van der Waals surface area contributed by atoms with Gasteiger partial charge in [-0.25, -0.2) is 4.79 Å². The summed E-state index contributed by atoms with van der Waals surface area (Å²) in [5, 5.41) is 9.62. The summed E-state index contributed by atoms with van der Waals surface area (Å²) in [5.74, 6) is 0.898. The van der Waals surface area contributed by atoms with Crippen molar-refractivity contribution in [3.63, 3.8) is 0 Å². The Morgan fingerprint density at radius 3 is 2.56 bits per heavy atom. The Balaban J connectivity index is 2.87. The summed E-state index contributed by atoms with van der Waals surface area (Å²) in [7, 11) is 1.45. The van der Waals surface area contributed by atoms with Gasteiger partial charge in [0.1, 0.15) is 5.02 Å². The van der Waals surface area contributed by atoms with E-state index in [1.807, 2.05) is 20.8 Å². The third-order valence-electron chi connectivity index (χ3n) is 4.13. The van der Waals surface area contributed by atoms with Gasteiger partial charge in [0, 0.05) is 25.4 Å². The second-order valence-corrected chi connectivity index (χ2v) is 7.62. The van der Waals surface area contributed by atoms with Crippen LogP contribution in [0.4, 0.5) is 10.6 Å². The van der Waals surface area contributed by atoms with Gasteiger partial charge in [-0.3, -0.25) is 9.69 Å². The Kier molecular flexibility index (Phi) is 7.00. The maximum atomic E-state index is 12.7. The zero-order chi connectivity index (χ0) is 20.3.